The second-order valence-electron chi connectivity index (χ2n) is 5.86. The third kappa shape index (κ3) is 2.57. The van der Waals surface area contributed by atoms with Gasteiger partial charge in [-0.15, -0.1) is 0 Å². The smallest absolute Gasteiger partial charge is 0.0841 e. The topological polar surface area (TPSA) is 36.4 Å². The normalized spacial score (nSPS) is 28.8. The number of likely N-dealkylation sites (tertiary alicyclic amines) is 1. The summed E-state index contributed by atoms with van der Waals surface area (Å²) in [6, 6.07) is 4.95. The third-order valence-corrected chi connectivity index (χ3v) is 4.23. The van der Waals surface area contributed by atoms with Crippen molar-refractivity contribution in [2.75, 3.05) is 13.1 Å². The number of hydrogen-bond donors (Lipinski definition) is 1. The number of hydrogen-bond acceptors (Lipinski definition) is 3. The molecule has 1 N–H and O–H groups in total. The molecule has 0 spiro atoms. The van der Waals surface area contributed by atoms with Gasteiger partial charge in [0.25, 0.3) is 0 Å². The molecule has 1 unspecified atom stereocenters. The highest BCUT2D eigenvalue weighted by Gasteiger charge is 2.42. The fraction of sp³-hybridized carbons (Fsp3) is 0.667. The highest BCUT2D eigenvalue weighted by Crippen LogP contribution is 2.34. The highest BCUT2D eigenvalue weighted by atomic mass is 16.3. The summed E-state index contributed by atoms with van der Waals surface area (Å²) in [5.74, 6) is 0. The molecule has 1 saturated heterocycles. The molecule has 0 radical (unpaired) electrons. The van der Waals surface area contributed by atoms with E-state index in [1.807, 2.05) is 6.20 Å². The van der Waals surface area contributed by atoms with Crippen molar-refractivity contribution in [1.82, 2.24) is 9.88 Å². The predicted octanol–water partition coefficient (Wildman–Crippen LogP) is 1.79. The summed E-state index contributed by atoms with van der Waals surface area (Å²) >= 11 is 0. The standard InChI is InChI=1S/C15H22N2O/c1-2-12-3-4-13(16-10-12)9-15(18)7-8-17(11-15)14-5-6-14/h3-4,10,14,18H,2,5-9,11H2,1H3. The predicted molar refractivity (Wildman–Crippen MR) is 71.5 cm³/mol. The summed E-state index contributed by atoms with van der Waals surface area (Å²) in [4.78, 5) is 6.91. The summed E-state index contributed by atoms with van der Waals surface area (Å²) in [5, 5.41) is 10.6. The van der Waals surface area contributed by atoms with Crippen LogP contribution in [-0.2, 0) is 12.8 Å². The minimum Gasteiger partial charge on any atom is -0.388 e. The van der Waals surface area contributed by atoms with Crippen LogP contribution in [-0.4, -0.2) is 39.7 Å². The van der Waals surface area contributed by atoms with Gasteiger partial charge in [-0.05, 0) is 37.3 Å². The first-order chi connectivity index (χ1) is 8.68. The van der Waals surface area contributed by atoms with Crippen molar-refractivity contribution >= 4 is 0 Å². The number of pyridine rings is 1. The summed E-state index contributed by atoms with van der Waals surface area (Å²) < 4.78 is 0. The number of aromatic nitrogens is 1. The Bertz CT molecular complexity index is 413. The van der Waals surface area contributed by atoms with Crippen molar-refractivity contribution < 1.29 is 5.11 Å². The average Bonchev–Trinajstić information content (AvgIpc) is 3.15. The van der Waals surface area contributed by atoms with Gasteiger partial charge in [-0.25, -0.2) is 0 Å². The lowest BCUT2D eigenvalue weighted by atomic mass is 9.96. The van der Waals surface area contributed by atoms with Crippen LogP contribution in [0.1, 0.15) is 37.4 Å². The minimum atomic E-state index is -0.552. The number of rotatable bonds is 4. The van der Waals surface area contributed by atoms with Crippen molar-refractivity contribution in [3.8, 4) is 0 Å². The maximum Gasteiger partial charge on any atom is 0.0841 e. The van der Waals surface area contributed by atoms with Crippen LogP contribution in [0.25, 0.3) is 0 Å². The van der Waals surface area contributed by atoms with Crippen molar-refractivity contribution in [2.45, 2.75) is 50.7 Å². The number of aryl methyl sites for hydroxylation is 1. The van der Waals surface area contributed by atoms with Gasteiger partial charge in [0.15, 0.2) is 0 Å². The Hall–Kier alpha value is -0.930. The lowest BCUT2D eigenvalue weighted by molar-refractivity contribution is 0.0478. The zero-order chi connectivity index (χ0) is 12.6. The number of nitrogens with zero attached hydrogens (tertiary/aromatic N) is 2. The quantitative estimate of drug-likeness (QED) is 0.880. The molecule has 2 aliphatic rings. The van der Waals surface area contributed by atoms with Gasteiger partial charge in [0.05, 0.1) is 5.60 Å². The van der Waals surface area contributed by atoms with Gasteiger partial charge in [-0.2, -0.15) is 0 Å². The first-order valence-electron chi connectivity index (χ1n) is 7.09. The fourth-order valence-corrected chi connectivity index (χ4v) is 2.89. The van der Waals surface area contributed by atoms with E-state index in [0.29, 0.717) is 6.42 Å². The van der Waals surface area contributed by atoms with Crippen LogP contribution in [0.4, 0.5) is 0 Å². The lowest BCUT2D eigenvalue weighted by Gasteiger charge is -2.23. The van der Waals surface area contributed by atoms with Crippen molar-refractivity contribution in [3.05, 3.63) is 29.6 Å². The van der Waals surface area contributed by atoms with Crippen LogP contribution >= 0.6 is 0 Å². The Morgan fingerprint density at radius 1 is 1.44 bits per heavy atom. The number of aliphatic hydroxyl groups is 1. The van der Waals surface area contributed by atoms with Gasteiger partial charge in [-0.1, -0.05) is 13.0 Å². The van der Waals surface area contributed by atoms with E-state index in [0.717, 1.165) is 37.7 Å². The summed E-state index contributed by atoms with van der Waals surface area (Å²) in [7, 11) is 0. The molecule has 2 fully saturated rings. The van der Waals surface area contributed by atoms with Crippen molar-refractivity contribution in [3.63, 3.8) is 0 Å². The molecule has 1 aromatic heterocycles. The summed E-state index contributed by atoms with van der Waals surface area (Å²) in [6.45, 7) is 4.01. The van der Waals surface area contributed by atoms with E-state index in [4.69, 9.17) is 0 Å². The first kappa shape index (κ1) is 12.1. The van der Waals surface area contributed by atoms with Gasteiger partial charge >= 0.3 is 0 Å². The zero-order valence-corrected chi connectivity index (χ0v) is 11.1. The Morgan fingerprint density at radius 2 is 2.28 bits per heavy atom. The van der Waals surface area contributed by atoms with Crippen LogP contribution in [0.15, 0.2) is 18.3 Å². The molecule has 18 heavy (non-hydrogen) atoms. The average molecular weight is 246 g/mol. The SMILES string of the molecule is CCc1ccc(CC2(O)CCN(C3CC3)C2)nc1. The third-order valence-electron chi connectivity index (χ3n) is 4.23. The van der Waals surface area contributed by atoms with E-state index < -0.39 is 5.60 Å². The molecule has 2 heterocycles. The van der Waals surface area contributed by atoms with E-state index in [1.165, 1.54) is 18.4 Å². The molecular weight excluding hydrogens is 224 g/mol. The molecule has 0 amide bonds. The molecule has 3 rings (SSSR count). The summed E-state index contributed by atoms with van der Waals surface area (Å²) in [6.07, 6.45) is 7.18. The van der Waals surface area contributed by atoms with E-state index >= 15 is 0 Å². The molecular formula is C15H22N2O. The van der Waals surface area contributed by atoms with Gasteiger partial charge in [0.2, 0.25) is 0 Å². The van der Waals surface area contributed by atoms with Gasteiger partial charge in [0, 0.05) is 37.4 Å². The fourth-order valence-electron chi connectivity index (χ4n) is 2.89. The zero-order valence-electron chi connectivity index (χ0n) is 11.1. The van der Waals surface area contributed by atoms with E-state index in [9.17, 15) is 5.11 Å². The van der Waals surface area contributed by atoms with Gasteiger partial charge in [-0.3, -0.25) is 9.88 Å². The Balaban J connectivity index is 1.63. The molecule has 3 nitrogen and oxygen atoms in total. The van der Waals surface area contributed by atoms with E-state index in [-0.39, 0.29) is 0 Å². The highest BCUT2D eigenvalue weighted by molar-refractivity contribution is 5.16. The maximum absolute atomic E-state index is 10.6. The van der Waals surface area contributed by atoms with E-state index in [2.05, 4.69) is 28.9 Å². The molecule has 3 heteroatoms. The second kappa shape index (κ2) is 4.63. The van der Waals surface area contributed by atoms with Crippen molar-refractivity contribution in [2.24, 2.45) is 0 Å². The monoisotopic (exact) mass is 246 g/mol. The van der Waals surface area contributed by atoms with Crippen LogP contribution < -0.4 is 0 Å². The lowest BCUT2D eigenvalue weighted by Crippen LogP contribution is -2.36. The minimum absolute atomic E-state index is 0.552. The Morgan fingerprint density at radius 3 is 2.89 bits per heavy atom. The number of β-amino-alcohol motifs (C(OH)–C–C–N with tert-alkyl or cyclic N) is 1. The molecule has 1 aliphatic heterocycles. The summed E-state index contributed by atoms with van der Waals surface area (Å²) in [5.41, 5.74) is 1.73. The molecule has 0 bridgehead atoms. The van der Waals surface area contributed by atoms with Gasteiger partial charge in [0.1, 0.15) is 0 Å². The molecule has 1 aromatic rings. The maximum atomic E-state index is 10.6. The van der Waals surface area contributed by atoms with Crippen molar-refractivity contribution in [1.29, 1.82) is 0 Å². The largest absolute Gasteiger partial charge is 0.388 e. The second-order valence-corrected chi connectivity index (χ2v) is 5.86. The first-order valence-corrected chi connectivity index (χ1v) is 7.09. The molecule has 98 valence electrons. The Kier molecular flexibility index (Phi) is 3.12. The van der Waals surface area contributed by atoms with Crippen LogP contribution in [0.5, 0.6) is 0 Å². The van der Waals surface area contributed by atoms with E-state index in [1.54, 1.807) is 0 Å². The molecule has 0 aromatic carbocycles. The van der Waals surface area contributed by atoms with Crippen LogP contribution in [0.2, 0.25) is 0 Å². The molecule has 1 saturated carbocycles. The van der Waals surface area contributed by atoms with Crippen LogP contribution in [0.3, 0.4) is 0 Å². The molecule has 1 aliphatic carbocycles. The molecule has 1 atom stereocenters. The Labute approximate surface area is 109 Å². The van der Waals surface area contributed by atoms with Gasteiger partial charge < -0.3 is 5.11 Å². The van der Waals surface area contributed by atoms with Crippen LogP contribution in [0, 0.1) is 0 Å².